The Kier molecular flexibility index (Phi) is 20.7. The third kappa shape index (κ3) is 15.3. The van der Waals surface area contributed by atoms with E-state index >= 15 is 9.59 Å². The van der Waals surface area contributed by atoms with E-state index in [1.54, 1.807) is 12.1 Å². The molecule has 0 unspecified atom stereocenters. The Morgan fingerprint density at radius 2 is 0.543 bits per heavy atom. The Hall–Kier alpha value is -8.64. The quantitative estimate of drug-likeness (QED) is 0.0232. The zero-order valence-electron chi connectivity index (χ0n) is 56.6. The summed E-state index contributed by atoms with van der Waals surface area (Å²) in [5.74, 6) is -1.88. The lowest BCUT2D eigenvalue weighted by Crippen LogP contribution is -2.27. The Morgan fingerprint density at radius 1 is 0.315 bits per heavy atom. The second kappa shape index (κ2) is 28.1. The van der Waals surface area contributed by atoms with Crippen molar-refractivity contribution in [1.29, 1.82) is 0 Å². The summed E-state index contributed by atoms with van der Waals surface area (Å²) in [6.45, 7) is 30.5. The first-order valence-electron chi connectivity index (χ1n) is 33.1. The number of carboxylic acids is 2. The minimum absolute atomic E-state index is 0.0287. The van der Waals surface area contributed by atoms with Crippen molar-refractivity contribution in [2.75, 3.05) is 13.1 Å². The van der Waals surface area contributed by atoms with Gasteiger partial charge in [0.15, 0.2) is 0 Å². The topological polar surface area (TPSA) is 170 Å². The maximum atomic E-state index is 15.7. The summed E-state index contributed by atoms with van der Waals surface area (Å²) in [6.07, 6.45) is 12.0. The van der Waals surface area contributed by atoms with E-state index in [-0.39, 0.29) is 93.8 Å². The van der Waals surface area contributed by atoms with Crippen LogP contribution in [0.2, 0.25) is 0 Å². The SMILES string of the molecule is CCCCCCCCNC(=O)c1cc(Oc2ccc(C(C)(C)C)cc2)c2c3c(Oc4ccc(C(C)(C)C)cc4)cc(C(=O)O)c4c(C(=O)O)cc(Oc5ccc(C(C)(C)C)cc5)c(c5c(Oc6ccc(C(C)(C)C)cc6)cc(C(=O)NCCCCCCCC)c1c25)c43. The average Bonchev–Trinajstić information content (AvgIpc) is 0.682. The second-order valence-electron chi connectivity index (χ2n) is 28.9. The van der Waals surface area contributed by atoms with Crippen molar-refractivity contribution in [3.05, 3.63) is 166 Å². The van der Waals surface area contributed by atoms with Crippen LogP contribution >= 0.6 is 0 Å². The monoisotopic (exact) mass is 1240 g/mol. The first kappa shape index (κ1) is 67.7. The molecule has 9 rings (SSSR count). The highest BCUT2D eigenvalue weighted by Crippen LogP contribution is 2.57. The number of carboxylic acid groups (broad SMARTS) is 2. The Bertz CT molecular complexity index is 3860. The van der Waals surface area contributed by atoms with Gasteiger partial charge in [-0.1, -0.05) is 210 Å². The van der Waals surface area contributed by atoms with E-state index in [1.807, 2.05) is 97.1 Å². The highest BCUT2D eigenvalue weighted by atomic mass is 16.5. The summed E-state index contributed by atoms with van der Waals surface area (Å²) in [7, 11) is 0. The van der Waals surface area contributed by atoms with Crippen LogP contribution < -0.4 is 29.6 Å². The third-order valence-corrected chi connectivity index (χ3v) is 17.5. The molecule has 0 atom stereocenters. The van der Waals surface area contributed by atoms with Crippen LogP contribution in [-0.2, 0) is 21.7 Å². The molecule has 0 aliphatic heterocycles. The lowest BCUT2D eigenvalue weighted by molar-refractivity contribution is 0.0695. The van der Waals surface area contributed by atoms with Crippen molar-refractivity contribution < 1.29 is 48.3 Å². The van der Waals surface area contributed by atoms with Crippen LogP contribution in [0.15, 0.2) is 121 Å². The lowest BCUT2D eigenvalue weighted by Gasteiger charge is -2.26. The molecule has 0 aliphatic rings. The molecule has 0 saturated heterocycles. The maximum absolute atomic E-state index is 15.7. The van der Waals surface area contributed by atoms with Gasteiger partial charge < -0.3 is 39.8 Å². The molecule has 0 spiro atoms. The molecule has 0 bridgehead atoms. The number of aromatic carboxylic acids is 2. The Balaban J connectivity index is 1.51. The number of hydrogen-bond donors (Lipinski definition) is 4. The minimum atomic E-state index is -1.42. The van der Waals surface area contributed by atoms with Crippen LogP contribution in [0.4, 0.5) is 0 Å². The summed E-state index contributed by atoms with van der Waals surface area (Å²) in [5, 5.41) is 31.2. The molecule has 12 heteroatoms. The number of fused-ring (bicyclic) bond motifs is 2. The van der Waals surface area contributed by atoms with Crippen LogP contribution in [0.25, 0.3) is 43.1 Å². The molecular formula is C80H94N2O10. The number of benzene rings is 9. The molecule has 0 radical (unpaired) electrons. The molecule has 0 aliphatic carbocycles. The highest BCUT2D eigenvalue weighted by Gasteiger charge is 2.35. The van der Waals surface area contributed by atoms with Gasteiger partial charge in [-0.15, -0.1) is 0 Å². The summed E-state index contributed by atoms with van der Waals surface area (Å²) >= 11 is 0. The average molecular weight is 1240 g/mol. The van der Waals surface area contributed by atoms with Crippen molar-refractivity contribution in [1.82, 2.24) is 10.6 Å². The molecule has 484 valence electrons. The predicted octanol–water partition coefficient (Wildman–Crippen LogP) is 21.7. The first-order valence-corrected chi connectivity index (χ1v) is 33.1. The number of rotatable bonds is 26. The van der Waals surface area contributed by atoms with E-state index in [9.17, 15) is 19.8 Å². The van der Waals surface area contributed by atoms with Gasteiger partial charge in [0.1, 0.15) is 46.0 Å². The summed E-state index contributed by atoms with van der Waals surface area (Å²) < 4.78 is 28.7. The van der Waals surface area contributed by atoms with Gasteiger partial charge in [-0.05, 0) is 130 Å². The van der Waals surface area contributed by atoms with Crippen molar-refractivity contribution >= 4 is 66.8 Å². The smallest absolute Gasteiger partial charge is 0.336 e. The third-order valence-electron chi connectivity index (χ3n) is 17.5. The van der Waals surface area contributed by atoms with Crippen LogP contribution in [0.5, 0.6) is 46.0 Å². The van der Waals surface area contributed by atoms with Gasteiger partial charge in [-0.2, -0.15) is 0 Å². The van der Waals surface area contributed by atoms with Crippen molar-refractivity contribution in [3.63, 3.8) is 0 Å². The van der Waals surface area contributed by atoms with Gasteiger partial charge in [-0.25, -0.2) is 9.59 Å². The largest absolute Gasteiger partial charge is 0.478 e. The number of unbranched alkanes of at least 4 members (excludes halogenated alkanes) is 10. The minimum Gasteiger partial charge on any atom is -0.478 e. The van der Waals surface area contributed by atoms with Crippen molar-refractivity contribution in [2.45, 2.75) is 196 Å². The fraction of sp³-hybridized carbons (Fsp3) is 0.400. The van der Waals surface area contributed by atoms with Crippen LogP contribution in [-0.4, -0.2) is 47.1 Å². The first-order chi connectivity index (χ1) is 43.6. The maximum Gasteiger partial charge on any atom is 0.336 e. The van der Waals surface area contributed by atoms with Gasteiger partial charge in [0.05, 0.1) is 22.3 Å². The van der Waals surface area contributed by atoms with E-state index in [4.69, 9.17) is 18.9 Å². The van der Waals surface area contributed by atoms with E-state index in [1.165, 1.54) is 12.1 Å². The molecule has 2 amide bonds. The van der Waals surface area contributed by atoms with Crippen molar-refractivity contribution in [3.8, 4) is 46.0 Å². The van der Waals surface area contributed by atoms with Crippen LogP contribution in [0.1, 0.15) is 238 Å². The molecule has 0 fully saturated rings. The van der Waals surface area contributed by atoms with Gasteiger partial charge in [0.2, 0.25) is 0 Å². The summed E-state index contributed by atoms with van der Waals surface area (Å²) in [4.78, 5) is 59.8. The van der Waals surface area contributed by atoms with Gasteiger partial charge >= 0.3 is 11.9 Å². The second-order valence-corrected chi connectivity index (χ2v) is 28.9. The summed E-state index contributed by atoms with van der Waals surface area (Å²) in [5.41, 5.74) is 2.81. The fourth-order valence-electron chi connectivity index (χ4n) is 12.2. The van der Waals surface area contributed by atoms with Crippen LogP contribution in [0.3, 0.4) is 0 Å². The van der Waals surface area contributed by atoms with Gasteiger partial charge in [0.25, 0.3) is 11.8 Å². The Morgan fingerprint density at radius 3 is 0.783 bits per heavy atom. The normalized spacial score (nSPS) is 12.2. The zero-order valence-corrected chi connectivity index (χ0v) is 56.6. The molecule has 4 N–H and O–H groups in total. The van der Waals surface area contributed by atoms with E-state index < -0.39 is 23.8 Å². The number of ether oxygens (including phenoxy) is 4. The predicted molar refractivity (Wildman–Crippen MR) is 374 cm³/mol. The molecule has 0 heterocycles. The summed E-state index contributed by atoms with van der Waals surface area (Å²) in [6, 6.07) is 36.6. The molecule has 9 aromatic carbocycles. The van der Waals surface area contributed by atoms with Gasteiger partial charge in [0, 0.05) is 56.2 Å². The number of carbonyl (C=O) groups excluding carboxylic acids is 2. The molecule has 0 aromatic heterocycles. The Labute approximate surface area is 543 Å². The number of hydrogen-bond acceptors (Lipinski definition) is 8. The van der Waals surface area contributed by atoms with E-state index in [2.05, 4.69) is 108 Å². The van der Waals surface area contributed by atoms with E-state index in [0.717, 1.165) is 99.3 Å². The number of carbonyl (C=O) groups is 4. The number of amides is 2. The zero-order chi connectivity index (χ0) is 66.5. The molecule has 12 nitrogen and oxygen atoms in total. The standard InChI is InChI=1S/C80H94N2O10/c1-15-17-19-21-23-25-43-81-73(83)57-45-61(89-53-35-27-49(28-36-53)77(3,4)5)67-69-63(91-55-39-31-51(32-40-55)79(9,10)11)47-59(75(85)86)66-60(76(87)88)48-64(92-56-41-33-52(34-42-56)80(12,13)14)70(72(66)69)68-62(90-54-37-29-50(30-38-54)78(6,7)8)46-58(65(57)71(67)68)74(84)82-44-26-24-22-20-18-16-2/h27-42,45-48H,15-26,43-44H2,1-14H3,(H,81,83)(H,82,84)(H,85,86)(H,87,88). The molecular weight excluding hydrogens is 1150 g/mol. The van der Waals surface area contributed by atoms with Crippen LogP contribution in [0, 0.1) is 0 Å². The van der Waals surface area contributed by atoms with E-state index in [0.29, 0.717) is 52.2 Å². The molecule has 92 heavy (non-hydrogen) atoms. The molecule has 9 aromatic rings. The fourth-order valence-corrected chi connectivity index (χ4v) is 12.2. The molecule has 0 saturated carbocycles. The number of nitrogens with one attached hydrogen (secondary N) is 2. The van der Waals surface area contributed by atoms with Gasteiger partial charge in [-0.3, -0.25) is 9.59 Å². The lowest BCUT2D eigenvalue weighted by atomic mass is 9.82. The van der Waals surface area contributed by atoms with Crippen molar-refractivity contribution in [2.24, 2.45) is 0 Å². The highest BCUT2D eigenvalue weighted by molar-refractivity contribution is 6.42.